The number of carbonyl (C=O) groups excluding carboxylic acids is 1. The largest absolute Gasteiger partial charge is 0.478 e. The Morgan fingerprint density at radius 1 is 1.23 bits per heavy atom. The molecule has 0 aliphatic carbocycles. The van der Waals surface area contributed by atoms with E-state index in [0.717, 1.165) is 5.56 Å². The molecule has 1 aliphatic rings. The maximum atomic E-state index is 12.8. The van der Waals surface area contributed by atoms with Gasteiger partial charge in [-0.1, -0.05) is 25.1 Å². The summed E-state index contributed by atoms with van der Waals surface area (Å²) in [5.41, 5.74) is 1.83. The van der Waals surface area contributed by atoms with Crippen LogP contribution in [0, 0.1) is 19.8 Å². The lowest BCUT2D eigenvalue weighted by molar-refractivity contribution is -0.150. The molecule has 1 heterocycles. The Hall–Kier alpha value is -2.22. The molecule has 2 rings (SSSR count). The zero-order valence-electron chi connectivity index (χ0n) is 18.6. The number of nitrogens with one attached hydrogen (secondary N) is 1. The van der Waals surface area contributed by atoms with E-state index in [0.29, 0.717) is 12.0 Å². The zero-order valence-corrected chi connectivity index (χ0v) is 18.6. The molecule has 1 amide bonds. The van der Waals surface area contributed by atoms with Crippen molar-refractivity contribution in [1.29, 1.82) is 0 Å². The standard InChI is InChI=1S/C23H33NO6/c1-13-10-15(3)20(22(27)28)17(11-13)24-19(26)12-18-21(30-23(5,6)29-18)14(2)8-7-9-16(4)25/h7-8,10-11,14,16,18,21,25H,9,12H2,1-6H3,(H,24,26)(H,27,28)/b8-7-/t14?,16-,18+,21-/m1/s1. The minimum absolute atomic E-state index is 0.0286. The number of carbonyl (C=O) groups is 2. The van der Waals surface area contributed by atoms with Crippen LogP contribution in [-0.4, -0.2) is 46.2 Å². The molecule has 1 aliphatic heterocycles. The summed E-state index contributed by atoms with van der Waals surface area (Å²) in [5, 5.41) is 21.7. The quantitative estimate of drug-likeness (QED) is 0.554. The molecular weight excluding hydrogens is 386 g/mol. The van der Waals surface area contributed by atoms with Gasteiger partial charge in [-0.2, -0.15) is 0 Å². The van der Waals surface area contributed by atoms with E-state index < -0.39 is 24.0 Å². The maximum absolute atomic E-state index is 12.8. The van der Waals surface area contributed by atoms with E-state index in [1.165, 1.54) is 0 Å². The van der Waals surface area contributed by atoms with Crippen molar-refractivity contribution in [3.05, 3.63) is 41.0 Å². The number of aryl methyl sites for hydroxylation is 2. The van der Waals surface area contributed by atoms with Gasteiger partial charge in [0.2, 0.25) is 5.91 Å². The summed E-state index contributed by atoms with van der Waals surface area (Å²) in [6.07, 6.45) is 3.19. The van der Waals surface area contributed by atoms with Crippen molar-refractivity contribution in [1.82, 2.24) is 0 Å². The van der Waals surface area contributed by atoms with Crippen LogP contribution in [0.4, 0.5) is 5.69 Å². The molecule has 7 heteroatoms. The first-order valence-electron chi connectivity index (χ1n) is 10.2. The van der Waals surface area contributed by atoms with Crippen LogP contribution in [-0.2, 0) is 14.3 Å². The third-order valence-electron chi connectivity index (χ3n) is 5.01. The smallest absolute Gasteiger partial charge is 0.338 e. The first kappa shape index (κ1) is 24.1. The maximum Gasteiger partial charge on any atom is 0.338 e. The van der Waals surface area contributed by atoms with E-state index in [2.05, 4.69) is 5.32 Å². The van der Waals surface area contributed by atoms with Crippen LogP contribution in [0.15, 0.2) is 24.3 Å². The summed E-state index contributed by atoms with van der Waals surface area (Å²) in [7, 11) is 0. The van der Waals surface area contributed by atoms with Gasteiger partial charge in [-0.05, 0) is 58.2 Å². The lowest BCUT2D eigenvalue weighted by Gasteiger charge is -2.21. The Morgan fingerprint density at radius 2 is 1.90 bits per heavy atom. The minimum Gasteiger partial charge on any atom is -0.478 e. The summed E-state index contributed by atoms with van der Waals surface area (Å²) >= 11 is 0. The monoisotopic (exact) mass is 419 g/mol. The van der Waals surface area contributed by atoms with E-state index >= 15 is 0 Å². The first-order valence-corrected chi connectivity index (χ1v) is 10.2. The number of amides is 1. The number of rotatable bonds is 8. The Bertz CT molecular complexity index is 814. The molecule has 0 radical (unpaired) electrons. The highest BCUT2D eigenvalue weighted by Crippen LogP contribution is 2.34. The van der Waals surface area contributed by atoms with Crippen molar-refractivity contribution in [3.8, 4) is 0 Å². The van der Waals surface area contributed by atoms with Gasteiger partial charge in [0.1, 0.15) is 0 Å². The van der Waals surface area contributed by atoms with Crippen molar-refractivity contribution in [2.75, 3.05) is 5.32 Å². The third-order valence-corrected chi connectivity index (χ3v) is 5.01. The Morgan fingerprint density at radius 3 is 2.50 bits per heavy atom. The molecule has 0 aromatic heterocycles. The number of anilines is 1. The van der Waals surface area contributed by atoms with Crippen molar-refractivity contribution >= 4 is 17.6 Å². The van der Waals surface area contributed by atoms with Gasteiger partial charge in [-0.15, -0.1) is 0 Å². The van der Waals surface area contributed by atoms with Crippen molar-refractivity contribution in [3.63, 3.8) is 0 Å². The van der Waals surface area contributed by atoms with Gasteiger partial charge >= 0.3 is 5.97 Å². The van der Waals surface area contributed by atoms with Crippen LogP contribution < -0.4 is 5.32 Å². The average molecular weight is 420 g/mol. The van der Waals surface area contributed by atoms with E-state index in [-0.39, 0.29) is 35.6 Å². The van der Waals surface area contributed by atoms with Crippen LogP contribution in [0.2, 0.25) is 0 Å². The molecule has 1 unspecified atom stereocenters. The van der Waals surface area contributed by atoms with Crippen molar-refractivity contribution in [2.45, 2.75) is 78.5 Å². The third kappa shape index (κ3) is 6.39. The van der Waals surface area contributed by atoms with Crippen molar-refractivity contribution in [2.24, 2.45) is 5.92 Å². The fourth-order valence-electron chi connectivity index (χ4n) is 3.80. The van der Waals surface area contributed by atoms with Gasteiger partial charge < -0.3 is 25.0 Å². The number of aromatic carboxylic acids is 1. The van der Waals surface area contributed by atoms with Crippen LogP contribution in [0.1, 0.15) is 62.0 Å². The van der Waals surface area contributed by atoms with E-state index in [1.807, 2.05) is 26.0 Å². The number of carboxylic acids is 1. The molecule has 1 aromatic carbocycles. The predicted molar refractivity (Wildman–Crippen MR) is 115 cm³/mol. The average Bonchev–Trinajstić information content (AvgIpc) is 2.87. The minimum atomic E-state index is -1.08. The van der Waals surface area contributed by atoms with Crippen LogP contribution >= 0.6 is 0 Å². The highest BCUT2D eigenvalue weighted by Gasteiger charge is 2.44. The number of carboxylic acid groups (broad SMARTS) is 1. The lowest BCUT2D eigenvalue weighted by Crippen LogP contribution is -2.32. The highest BCUT2D eigenvalue weighted by molar-refractivity contribution is 6.01. The van der Waals surface area contributed by atoms with Gasteiger partial charge in [-0.3, -0.25) is 4.79 Å². The Labute approximate surface area is 178 Å². The predicted octanol–water partition coefficient (Wildman–Crippen LogP) is 3.81. The number of aliphatic hydroxyl groups excluding tert-OH is 1. The van der Waals surface area contributed by atoms with Gasteiger partial charge in [0.25, 0.3) is 0 Å². The summed E-state index contributed by atoms with van der Waals surface area (Å²) in [6, 6.07) is 3.43. The number of aliphatic hydroxyl groups is 1. The Kier molecular flexibility index (Phi) is 7.80. The van der Waals surface area contributed by atoms with E-state index in [1.54, 1.807) is 39.8 Å². The van der Waals surface area contributed by atoms with Gasteiger partial charge in [-0.25, -0.2) is 4.79 Å². The fourth-order valence-corrected chi connectivity index (χ4v) is 3.80. The molecule has 7 nitrogen and oxygen atoms in total. The molecule has 0 bridgehead atoms. The molecule has 30 heavy (non-hydrogen) atoms. The molecule has 4 atom stereocenters. The second-order valence-electron chi connectivity index (χ2n) is 8.57. The summed E-state index contributed by atoms with van der Waals surface area (Å²) in [5.74, 6) is -2.27. The second-order valence-corrected chi connectivity index (χ2v) is 8.57. The highest BCUT2D eigenvalue weighted by atomic mass is 16.8. The molecule has 166 valence electrons. The number of benzene rings is 1. The topological polar surface area (TPSA) is 105 Å². The van der Waals surface area contributed by atoms with Crippen LogP contribution in [0.25, 0.3) is 0 Å². The lowest BCUT2D eigenvalue weighted by atomic mass is 9.96. The summed E-state index contributed by atoms with van der Waals surface area (Å²) < 4.78 is 12.0. The number of hydrogen-bond acceptors (Lipinski definition) is 5. The summed E-state index contributed by atoms with van der Waals surface area (Å²) in [6.45, 7) is 10.9. The molecule has 3 N–H and O–H groups in total. The van der Waals surface area contributed by atoms with Crippen molar-refractivity contribution < 1.29 is 29.3 Å². The zero-order chi connectivity index (χ0) is 22.6. The molecule has 0 spiro atoms. The fraction of sp³-hybridized carbons (Fsp3) is 0.565. The first-order chi connectivity index (χ1) is 13.9. The normalized spacial score (nSPS) is 22.8. The molecule has 0 saturated carbocycles. The molecule has 1 fully saturated rings. The van der Waals surface area contributed by atoms with Gasteiger partial charge in [0, 0.05) is 5.92 Å². The van der Waals surface area contributed by atoms with Crippen LogP contribution in [0.3, 0.4) is 0 Å². The SMILES string of the molecule is Cc1cc(C)c(C(=O)O)c(NC(=O)C[C@@H]2OC(C)(C)O[C@@H]2C(C)/C=C\C[C@@H](C)O)c1. The van der Waals surface area contributed by atoms with Gasteiger partial charge in [0.15, 0.2) is 5.79 Å². The number of hydrogen-bond donors (Lipinski definition) is 3. The molecule has 1 aromatic rings. The molecule has 1 saturated heterocycles. The van der Waals surface area contributed by atoms with Gasteiger partial charge in [0.05, 0.1) is 36.0 Å². The second kappa shape index (κ2) is 9.73. The van der Waals surface area contributed by atoms with E-state index in [4.69, 9.17) is 9.47 Å². The van der Waals surface area contributed by atoms with E-state index in [9.17, 15) is 19.8 Å². The Balaban J connectivity index is 2.14. The number of ether oxygens (including phenoxy) is 2. The molecular formula is C23H33NO6. The summed E-state index contributed by atoms with van der Waals surface area (Å²) in [4.78, 5) is 24.4. The van der Waals surface area contributed by atoms with Crippen LogP contribution in [0.5, 0.6) is 0 Å².